The van der Waals surface area contributed by atoms with Crippen LogP contribution in [0, 0.1) is 16.8 Å². The molecule has 1 aliphatic rings. The third-order valence-corrected chi connectivity index (χ3v) is 6.16. The summed E-state index contributed by atoms with van der Waals surface area (Å²) in [6.07, 6.45) is 4.10. The molecule has 0 bridgehead atoms. The zero-order valence-electron chi connectivity index (χ0n) is 19.6. The second-order valence-electron chi connectivity index (χ2n) is 8.59. The Morgan fingerprint density at radius 1 is 1.30 bits per heavy atom. The molecule has 2 atom stereocenters. The summed E-state index contributed by atoms with van der Waals surface area (Å²) < 4.78 is 62.4. The molecule has 3 aromatic rings. The molecule has 9 nitrogen and oxygen atoms in total. The van der Waals surface area contributed by atoms with Crippen LogP contribution >= 0.6 is 0 Å². The van der Waals surface area contributed by atoms with Crippen LogP contribution in [0.4, 0.5) is 23.4 Å². The fourth-order valence-electron chi connectivity index (χ4n) is 4.06. The lowest BCUT2D eigenvalue weighted by atomic mass is 9.87. The molecule has 1 aromatic carbocycles. The van der Waals surface area contributed by atoms with Gasteiger partial charge in [-0.15, -0.1) is 0 Å². The number of carbonyl (C=O) groups excluding carboxylic acids is 1. The van der Waals surface area contributed by atoms with Gasteiger partial charge in [0.15, 0.2) is 29.8 Å². The van der Waals surface area contributed by atoms with Crippen molar-refractivity contribution in [2.24, 2.45) is 0 Å². The summed E-state index contributed by atoms with van der Waals surface area (Å²) in [6.45, 7) is 0.793. The number of aliphatic hydroxyl groups excluding tert-OH is 1. The molecule has 1 amide bonds. The maximum Gasteiger partial charge on any atom is 0.257 e. The highest BCUT2D eigenvalue weighted by atomic mass is 19.3. The van der Waals surface area contributed by atoms with E-state index in [4.69, 9.17) is 4.74 Å². The van der Waals surface area contributed by atoms with Crippen LogP contribution in [-0.4, -0.2) is 50.9 Å². The molecule has 2 unspecified atom stereocenters. The Labute approximate surface area is 208 Å². The highest BCUT2D eigenvalue weighted by Gasteiger charge is 2.46. The van der Waals surface area contributed by atoms with Gasteiger partial charge in [0, 0.05) is 43.3 Å². The minimum absolute atomic E-state index is 0.0125. The monoisotopic (exact) mass is 521 g/mol. The van der Waals surface area contributed by atoms with E-state index < -0.39 is 54.2 Å². The fraction of sp³-hybridized carbons (Fsp3) is 0.333. The van der Waals surface area contributed by atoms with Gasteiger partial charge in [0.2, 0.25) is 11.8 Å². The van der Waals surface area contributed by atoms with Crippen LogP contribution in [0.5, 0.6) is 11.6 Å². The van der Waals surface area contributed by atoms with Gasteiger partial charge in [-0.25, -0.2) is 27.5 Å². The first-order valence-electron chi connectivity index (χ1n) is 11.3. The Kier molecular flexibility index (Phi) is 7.55. The van der Waals surface area contributed by atoms with Crippen molar-refractivity contribution in [1.82, 2.24) is 14.9 Å². The van der Waals surface area contributed by atoms with Crippen LogP contribution in [0.3, 0.4) is 0 Å². The van der Waals surface area contributed by atoms with Gasteiger partial charge in [0.05, 0.1) is 31.0 Å². The Morgan fingerprint density at radius 2 is 2.03 bits per heavy atom. The van der Waals surface area contributed by atoms with Crippen LogP contribution in [0.25, 0.3) is 0 Å². The van der Waals surface area contributed by atoms with Crippen LogP contribution in [0.15, 0.2) is 49.1 Å². The van der Waals surface area contributed by atoms with Crippen LogP contribution in [0.1, 0.15) is 30.4 Å². The van der Waals surface area contributed by atoms with Crippen LogP contribution in [0.2, 0.25) is 0 Å². The minimum Gasteiger partial charge on any atom is -0.619 e. The molecule has 1 aliphatic heterocycles. The Balaban J connectivity index is 1.41. The molecular formula is C24H23F4N5O4. The van der Waals surface area contributed by atoms with E-state index >= 15 is 0 Å². The smallest absolute Gasteiger partial charge is 0.257 e. The average Bonchev–Trinajstić information content (AvgIpc) is 2.86. The Morgan fingerprint density at radius 3 is 2.68 bits per heavy atom. The van der Waals surface area contributed by atoms with E-state index in [0.29, 0.717) is 16.4 Å². The van der Waals surface area contributed by atoms with E-state index in [0.717, 1.165) is 30.9 Å². The van der Waals surface area contributed by atoms with Crippen LogP contribution < -0.4 is 14.8 Å². The van der Waals surface area contributed by atoms with Crippen molar-refractivity contribution >= 4 is 11.7 Å². The second-order valence-corrected chi connectivity index (χ2v) is 8.59. The molecule has 196 valence electrons. The molecule has 13 heteroatoms. The number of rotatable bonds is 7. The number of amides is 1. The third-order valence-electron chi connectivity index (χ3n) is 6.16. The number of alkyl halides is 2. The molecule has 0 radical (unpaired) electrons. The first kappa shape index (κ1) is 26.2. The normalized spacial score (nSPS) is 18.3. The van der Waals surface area contributed by atoms with Crippen molar-refractivity contribution in [3.63, 3.8) is 0 Å². The second kappa shape index (κ2) is 10.6. The number of pyridine rings is 1. The summed E-state index contributed by atoms with van der Waals surface area (Å²) in [6, 6.07) is 3.42. The highest BCUT2D eigenvalue weighted by molar-refractivity contribution is 5.93. The van der Waals surface area contributed by atoms with Gasteiger partial charge in [0.25, 0.3) is 5.92 Å². The number of halogens is 4. The van der Waals surface area contributed by atoms with Crippen molar-refractivity contribution in [3.05, 3.63) is 77.0 Å². The van der Waals surface area contributed by atoms with E-state index in [1.807, 2.05) is 0 Å². The average molecular weight is 521 g/mol. The fourth-order valence-corrected chi connectivity index (χ4v) is 4.06. The van der Waals surface area contributed by atoms with E-state index in [2.05, 4.69) is 15.3 Å². The number of carbonyl (C=O) groups is 1. The van der Waals surface area contributed by atoms with Gasteiger partial charge >= 0.3 is 0 Å². The number of nitrogens with zero attached hydrogens (tertiary/aromatic N) is 4. The van der Waals surface area contributed by atoms with Crippen molar-refractivity contribution in [3.8, 4) is 11.6 Å². The van der Waals surface area contributed by atoms with E-state index in [-0.39, 0.29) is 30.4 Å². The lowest BCUT2D eigenvalue weighted by Gasteiger charge is -2.40. The van der Waals surface area contributed by atoms with E-state index in [9.17, 15) is 32.7 Å². The molecule has 2 N–H and O–H groups in total. The lowest BCUT2D eigenvalue weighted by Crippen LogP contribution is -2.52. The van der Waals surface area contributed by atoms with E-state index in [1.54, 1.807) is 11.8 Å². The van der Waals surface area contributed by atoms with Gasteiger partial charge in [0.1, 0.15) is 5.82 Å². The van der Waals surface area contributed by atoms with E-state index in [1.165, 1.54) is 12.1 Å². The number of anilines is 1. The largest absolute Gasteiger partial charge is 0.619 e. The summed E-state index contributed by atoms with van der Waals surface area (Å²) in [5.41, 5.74) is 0.177. The molecular weight excluding hydrogens is 498 g/mol. The number of hydrogen-bond acceptors (Lipinski definition) is 7. The number of piperidine rings is 1. The lowest BCUT2D eigenvalue weighted by molar-refractivity contribution is -0.605. The minimum atomic E-state index is -3.00. The van der Waals surface area contributed by atoms with Gasteiger partial charge < -0.3 is 20.4 Å². The summed E-state index contributed by atoms with van der Waals surface area (Å²) >= 11 is 0. The highest BCUT2D eigenvalue weighted by Crippen LogP contribution is 2.40. The number of aliphatic hydroxyl groups is 1. The zero-order valence-corrected chi connectivity index (χ0v) is 19.6. The topological polar surface area (TPSA) is 115 Å². The third kappa shape index (κ3) is 5.94. The van der Waals surface area contributed by atoms with Gasteiger partial charge in [-0.1, -0.05) is 0 Å². The first-order chi connectivity index (χ1) is 17.6. The molecule has 3 heterocycles. The summed E-state index contributed by atoms with van der Waals surface area (Å²) in [7, 11) is 0. The van der Waals surface area contributed by atoms with Gasteiger partial charge in [-0.2, -0.15) is 4.73 Å². The molecule has 0 saturated carbocycles. The molecule has 0 spiro atoms. The van der Waals surface area contributed by atoms with Crippen molar-refractivity contribution in [2.45, 2.75) is 37.8 Å². The summed E-state index contributed by atoms with van der Waals surface area (Å²) in [4.78, 5) is 22.3. The van der Waals surface area contributed by atoms with Gasteiger partial charge in [-0.05, 0) is 18.6 Å². The maximum absolute atomic E-state index is 14.6. The number of aromatic nitrogens is 3. The number of hydrogen-bond donors (Lipinski definition) is 2. The summed E-state index contributed by atoms with van der Waals surface area (Å²) in [5, 5.41) is 23.1. The molecule has 37 heavy (non-hydrogen) atoms. The SMILES string of the molecule is CC(C(=O)Nc1cnc(Oc2c(F)cc(F)cc2CO)cn1)N1CCC(F)(F)C(c2cc[n+]([O-])cc2)C1. The quantitative estimate of drug-likeness (QED) is 0.279. The van der Waals surface area contributed by atoms with Crippen molar-refractivity contribution < 1.29 is 36.9 Å². The number of benzene rings is 1. The van der Waals surface area contributed by atoms with Crippen molar-refractivity contribution in [1.29, 1.82) is 0 Å². The standard InChI is InChI=1S/C24H23F4N5O4/c1-14(32-7-4-24(27,28)18(12-32)15-2-5-33(36)6-3-15)23(35)31-20-10-30-21(11-29-20)37-22-16(13-34)8-17(25)9-19(22)26/h2-3,5-6,8-11,14,18,34H,4,7,12-13H2,1H3,(H,29,31,35). The van der Waals surface area contributed by atoms with Crippen molar-refractivity contribution in [2.75, 3.05) is 18.4 Å². The predicted octanol–water partition coefficient (Wildman–Crippen LogP) is 3.12. The number of likely N-dealkylation sites (tertiary alicyclic amines) is 1. The van der Waals surface area contributed by atoms with Gasteiger partial charge in [-0.3, -0.25) is 9.69 Å². The number of nitrogens with one attached hydrogen (secondary N) is 1. The molecule has 0 aliphatic carbocycles. The Hall–Kier alpha value is -3.84. The Bertz CT molecular complexity index is 1260. The predicted molar refractivity (Wildman–Crippen MR) is 122 cm³/mol. The molecule has 4 rings (SSSR count). The number of ether oxygens (including phenoxy) is 1. The summed E-state index contributed by atoms with van der Waals surface area (Å²) in [5.74, 6) is -7.16. The molecule has 1 saturated heterocycles. The van der Waals surface area contributed by atoms with Crippen LogP contribution in [-0.2, 0) is 11.4 Å². The molecule has 2 aromatic heterocycles. The zero-order chi connectivity index (χ0) is 26.7. The first-order valence-corrected chi connectivity index (χ1v) is 11.3. The molecule has 1 fully saturated rings. The maximum atomic E-state index is 14.6.